The van der Waals surface area contributed by atoms with E-state index in [0.717, 1.165) is 72.4 Å². The van der Waals surface area contributed by atoms with E-state index in [0.29, 0.717) is 0 Å². The zero-order valence-electron chi connectivity index (χ0n) is 28.1. The molecule has 4 nitrogen and oxygen atoms in total. The Morgan fingerprint density at radius 2 is 0.942 bits per heavy atom. The van der Waals surface area contributed by atoms with Crippen molar-refractivity contribution in [1.82, 2.24) is 18.9 Å². The molecule has 0 unspecified atom stereocenters. The van der Waals surface area contributed by atoms with Gasteiger partial charge in [-0.25, -0.2) is 9.97 Å². The van der Waals surface area contributed by atoms with Crippen LogP contribution in [0.2, 0.25) is 0 Å². The highest BCUT2D eigenvalue weighted by Gasteiger charge is 2.19. The number of aromatic nitrogens is 4. The summed E-state index contributed by atoms with van der Waals surface area (Å²) in [7, 11) is 0. The van der Waals surface area contributed by atoms with Crippen LogP contribution in [0.25, 0.3) is 99.5 Å². The maximum Gasteiger partial charge on any atom is 0.146 e. The molecule has 0 fully saturated rings. The number of benzene rings is 7. The summed E-state index contributed by atoms with van der Waals surface area (Å²) in [6.45, 7) is 0. The number of hydrogen-bond acceptors (Lipinski definition) is 2. The van der Waals surface area contributed by atoms with E-state index in [1.165, 1.54) is 27.1 Å². The van der Waals surface area contributed by atoms with E-state index < -0.39 is 0 Å². The number of fused-ring (bicyclic) bond motifs is 11. The molecule has 4 aromatic heterocycles. The van der Waals surface area contributed by atoms with Gasteiger partial charge in [0, 0.05) is 38.4 Å². The molecule has 0 aliphatic rings. The molecule has 11 rings (SSSR count). The van der Waals surface area contributed by atoms with Crippen molar-refractivity contribution in [2.45, 2.75) is 0 Å². The van der Waals surface area contributed by atoms with Gasteiger partial charge in [-0.1, -0.05) is 121 Å². The summed E-state index contributed by atoms with van der Waals surface area (Å²) in [6, 6.07) is 64.8. The van der Waals surface area contributed by atoms with Crippen LogP contribution in [0.5, 0.6) is 0 Å². The molecule has 0 saturated heterocycles. The first-order valence-corrected chi connectivity index (χ1v) is 17.7. The highest BCUT2D eigenvalue weighted by atomic mass is 15.0. The van der Waals surface area contributed by atoms with E-state index in [2.05, 4.69) is 185 Å². The number of imidazole rings is 1. The molecule has 0 aliphatic heterocycles. The summed E-state index contributed by atoms with van der Waals surface area (Å²) in [4.78, 5) is 10.4. The van der Waals surface area contributed by atoms with Gasteiger partial charge >= 0.3 is 0 Å². The van der Waals surface area contributed by atoms with Gasteiger partial charge in [-0.05, 0) is 77.2 Å². The van der Waals surface area contributed by atoms with E-state index in [9.17, 15) is 0 Å². The molecule has 0 N–H and O–H groups in total. The molecular formula is C48H30N4. The number of rotatable bonds is 4. The molecular weight excluding hydrogens is 633 g/mol. The summed E-state index contributed by atoms with van der Waals surface area (Å²) in [5.41, 5.74) is 14.0. The first-order chi connectivity index (χ1) is 25.8. The largest absolute Gasteiger partial charge is 0.309 e. The molecule has 11 aromatic rings. The van der Waals surface area contributed by atoms with Crippen molar-refractivity contribution >= 4 is 60.2 Å². The molecule has 52 heavy (non-hydrogen) atoms. The van der Waals surface area contributed by atoms with Crippen molar-refractivity contribution < 1.29 is 0 Å². The van der Waals surface area contributed by atoms with E-state index in [1.54, 1.807) is 0 Å². The minimum absolute atomic E-state index is 0.938. The lowest BCUT2D eigenvalue weighted by Crippen LogP contribution is -1.96. The standard InChI is InChI=1S/C48H30N4/c1-3-14-31(15-4-1)34-27-42(32-16-5-2-6-17-32)49-43(28-34)33-18-13-19-35(26-33)51-44-23-10-8-21-37(44)39-29-40-38(30-47(39)51)36-20-7-11-24-45(36)52-46-25-12-9-22-41(46)50-48(40)52/h1-30H. The molecule has 4 heterocycles. The Morgan fingerprint density at radius 3 is 1.73 bits per heavy atom. The average Bonchev–Trinajstić information content (AvgIpc) is 3.77. The van der Waals surface area contributed by atoms with Gasteiger partial charge in [0.15, 0.2) is 0 Å². The third-order valence-electron chi connectivity index (χ3n) is 10.5. The highest BCUT2D eigenvalue weighted by Crippen LogP contribution is 2.40. The topological polar surface area (TPSA) is 35.1 Å². The second kappa shape index (κ2) is 11.2. The van der Waals surface area contributed by atoms with Crippen LogP contribution in [0.15, 0.2) is 182 Å². The van der Waals surface area contributed by atoms with Crippen LogP contribution >= 0.6 is 0 Å². The summed E-state index contributed by atoms with van der Waals surface area (Å²) < 4.78 is 4.73. The molecule has 0 aliphatic carbocycles. The van der Waals surface area contributed by atoms with E-state index in [1.807, 2.05) is 6.07 Å². The first-order valence-electron chi connectivity index (χ1n) is 17.7. The lowest BCUT2D eigenvalue weighted by atomic mass is 10.00. The van der Waals surface area contributed by atoms with Crippen molar-refractivity contribution in [3.8, 4) is 39.3 Å². The first kappa shape index (κ1) is 28.8. The van der Waals surface area contributed by atoms with Crippen LogP contribution in [0.4, 0.5) is 0 Å². The second-order valence-electron chi connectivity index (χ2n) is 13.5. The molecule has 0 radical (unpaired) electrons. The number of hydrogen-bond donors (Lipinski definition) is 0. The molecule has 0 saturated carbocycles. The monoisotopic (exact) mass is 662 g/mol. The van der Waals surface area contributed by atoms with Gasteiger partial charge in [0.1, 0.15) is 5.65 Å². The van der Waals surface area contributed by atoms with Gasteiger partial charge in [0.05, 0.1) is 39.0 Å². The molecule has 0 bridgehead atoms. The van der Waals surface area contributed by atoms with Crippen LogP contribution in [0, 0.1) is 0 Å². The van der Waals surface area contributed by atoms with Crippen LogP contribution in [0.3, 0.4) is 0 Å². The lowest BCUT2D eigenvalue weighted by molar-refractivity contribution is 1.18. The van der Waals surface area contributed by atoms with Crippen molar-refractivity contribution in [1.29, 1.82) is 0 Å². The van der Waals surface area contributed by atoms with Gasteiger partial charge in [0.2, 0.25) is 0 Å². The van der Waals surface area contributed by atoms with Crippen LogP contribution in [-0.4, -0.2) is 18.9 Å². The minimum Gasteiger partial charge on any atom is -0.309 e. The van der Waals surface area contributed by atoms with Gasteiger partial charge in [-0.15, -0.1) is 0 Å². The summed E-state index contributed by atoms with van der Waals surface area (Å²) >= 11 is 0. The summed E-state index contributed by atoms with van der Waals surface area (Å²) in [6.07, 6.45) is 0. The summed E-state index contributed by atoms with van der Waals surface area (Å²) in [5.74, 6) is 0. The zero-order chi connectivity index (χ0) is 34.2. The molecule has 0 spiro atoms. The van der Waals surface area contributed by atoms with Crippen molar-refractivity contribution in [3.05, 3.63) is 182 Å². The SMILES string of the molecule is c1ccc(-c2cc(-c3ccccc3)nc(-c3cccc(-n4c5ccccc5c5cc6c(cc54)c4ccccc4n4c5ccccc5nc64)c3)c2)cc1. The third kappa shape index (κ3) is 4.34. The van der Waals surface area contributed by atoms with Gasteiger partial charge in [-0.2, -0.15) is 0 Å². The Hall–Kier alpha value is -7.04. The number of nitrogens with zero attached hydrogens (tertiary/aromatic N) is 4. The maximum atomic E-state index is 5.25. The zero-order valence-corrected chi connectivity index (χ0v) is 28.1. The Bertz CT molecular complexity index is 3110. The third-order valence-corrected chi connectivity index (χ3v) is 10.5. The van der Waals surface area contributed by atoms with Crippen molar-refractivity contribution in [2.24, 2.45) is 0 Å². The van der Waals surface area contributed by atoms with E-state index in [4.69, 9.17) is 9.97 Å². The molecule has 242 valence electrons. The second-order valence-corrected chi connectivity index (χ2v) is 13.5. The smallest absolute Gasteiger partial charge is 0.146 e. The Balaban J connectivity index is 1.17. The summed E-state index contributed by atoms with van der Waals surface area (Å²) in [5, 5.41) is 5.96. The predicted octanol–water partition coefficient (Wildman–Crippen LogP) is 12.3. The van der Waals surface area contributed by atoms with Gasteiger partial charge in [0.25, 0.3) is 0 Å². The van der Waals surface area contributed by atoms with Crippen molar-refractivity contribution in [3.63, 3.8) is 0 Å². The van der Waals surface area contributed by atoms with Crippen LogP contribution in [-0.2, 0) is 0 Å². The molecule has 4 heteroatoms. The maximum absolute atomic E-state index is 5.25. The van der Waals surface area contributed by atoms with E-state index in [-0.39, 0.29) is 0 Å². The number of pyridine rings is 2. The van der Waals surface area contributed by atoms with E-state index >= 15 is 0 Å². The Kier molecular flexibility index (Phi) is 6.22. The van der Waals surface area contributed by atoms with Crippen LogP contribution in [0.1, 0.15) is 0 Å². The predicted molar refractivity (Wildman–Crippen MR) is 216 cm³/mol. The Morgan fingerprint density at radius 1 is 0.327 bits per heavy atom. The fourth-order valence-corrected chi connectivity index (χ4v) is 8.08. The fourth-order valence-electron chi connectivity index (χ4n) is 8.08. The number of para-hydroxylation sites is 4. The molecule has 7 aromatic carbocycles. The quantitative estimate of drug-likeness (QED) is 0.176. The lowest BCUT2D eigenvalue weighted by Gasteiger charge is -2.13. The normalized spacial score (nSPS) is 11.8. The van der Waals surface area contributed by atoms with Gasteiger partial charge in [-0.3, -0.25) is 4.40 Å². The van der Waals surface area contributed by atoms with Crippen molar-refractivity contribution in [2.75, 3.05) is 0 Å². The highest BCUT2D eigenvalue weighted by molar-refractivity contribution is 6.21. The van der Waals surface area contributed by atoms with Crippen LogP contribution < -0.4 is 0 Å². The average molecular weight is 663 g/mol. The van der Waals surface area contributed by atoms with Gasteiger partial charge < -0.3 is 4.57 Å². The molecule has 0 amide bonds. The minimum atomic E-state index is 0.938. The fraction of sp³-hybridized carbons (Fsp3) is 0. The Labute approximate surface area is 299 Å². The molecule has 0 atom stereocenters.